The first-order valence-corrected chi connectivity index (χ1v) is 10.1. The zero-order valence-electron chi connectivity index (χ0n) is 18.1. The van der Waals surface area contributed by atoms with Gasteiger partial charge in [0, 0.05) is 28.7 Å². The summed E-state index contributed by atoms with van der Waals surface area (Å²) < 4.78 is 105. The number of primary amides is 1. The van der Waals surface area contributed by atoms with E-state index in [-0.39, 0.29) is 11.3 Å². The van der Waals surface area contributed by atoms with E-state index in [0.717, 1.165) is 19.1 Å². The van der Waals surface area contributed by atoms with E-state index in [9.17, 15) is 40.3 Å². The van der Waals surface area contributed by atoms with Gasteiger partial charge < -0.3 is 20.5 Å². The maximum Gasteiger partial charge on any atom is 0.417 e. The van der Waals surface area contributed by atoms with Crippen molar-refractivity contribution in [3.63, 3.8) is 0 Å². The third-order valence-electron chi connectivity index (χ3n) is 5.99. The molecule has 0 radical (unpaired) electrons. The van der Waals surface area contributed by atoms with Crippen LogP contribution in [0.5, 0.6) is 5.75 Å². The van der Waals surface area contributed by atoms with Gasteiger partial charge in [0.05, 0.1) is 0 Å². The van der Waals surface area contributed by atoms with Crippen LogP contribution in [0.3, 0.4) is 0 Å². The van der Waals surface area contributed by atoms with Gasteiger partial charge in [-0.2, -0.15) is 26.3 Å². The van der Waals surface area contributed by atoms with E-state index in [4.69, 9.17) is 10.5 Å². The lowest BCUT2D eigenvalue weighted by Gasteiger charge is -2.32. The molecule has 1 aliphatic rings. The van der Waals surface area contributed by atoms with E-state index >= 15 is 0 Å². The lowest BCUT2D eigenvalue weighted by Crippen LogP contribution is -2.47. The maximum atomic E-state index is 14.4. The number of hydrogen-bond donors (Lipinski definition) is 2. The number of carbonyl (C=O) groups excluding carboxylic acids is 2. The first-order chi connectivity index (χ1) is 16.2. The van der Waals surface area contributed by atoms with Crippen LogP contribution in [0.2, 0.25) is 0 Å². The minimum atomic E-state index is -5.03. The lowest BCUT2D eigenvalue weighted by molar-refractivity contribution is -0.272. The van der Waals surface area contributed by atoms with Gasteiger partial charge >= 0.3 is 12.8 Å². The number of rotatable bonds is 6. The number of hydrogen-bond acceptors (Lipinski definition) is 4. The standard InChI is InChI=1S/C22H19F7N2O4/c1-9-14(12-6-7-13(23)15(24)16(12)34-20(25)26)17(35-21(9,2)22(27,28)29)19(33)31-11-5-3-4-10(8-11)18(30)32/h3-9,14,17,20H,1-2H3,(H2,30,32)(H,31,33)/t9-,14+,17-,21+/m1/s1. The highest BCUT2D eigenvalue weighted by molar-refractivity contribution is 5.98. The number of ether oxygens (including phenoxy) is 2. The molecule has 1 aliphatic heterocycles. The molecule has 190 valence electrons. The summed E-state index contributed by atoms with van der Waals surface area (Å²) in [4.78, 5) is 24.4. The van der Waals surface area contributed by atoms with E-state index in [1.54, 1.807) is 0 Å². The number of anilines is 1. The third kappa shape index (κ3) is 4.90. The number of benzene rings is 2. The molecule has 0 aromatic heterocycles. The minimum Gasteiger partial charge on any atom is -0.431 e. The van der Waals surface area contributed by atoms with Crippen LogP contribution in [0.4, 0.5) is 36.4 Å². The molecule has 1 heterocycles. The number of amides is 2. The Balaban J connectivity index is 2.10. The summed E-state index contributed by atoms with van der Waals surface area (Å²) in [5, 5.41) is 2.28. The number of carbonyl (C=O) groups is 2. The molecule has 0 saturated carbocycles. The van der Waals surface area contributed by atoms with E-state index in [2.05, 4.69) is 10.1 Å². The maximum absolute atomic E-state index is 14.4. The Bertz CT molecular complexity index is 1140. The van der Waals surface area contributed by atoms with Gasteiger partial charge in [-0.05, 0) is 31.2 Å². The van der Waals surface area contributed by atoms with Crippen LogP contribution < -0.4 is 15.8 Å². The van der Waals surface area contributed by atoms with Crippen LogP contribution in [-0.2, 0) is 9.53 Å². The molecule has 0 spiro atoms. The van der Waals surface area contributed by atoms with E-state index < -0.39 is 71.1 Å². The Morgan fingerprint density at radius 1 is 1.17 bits per heavy atom. The van der Waals surface area contributed by atoms with Gasteiger partial charge in [-0.1, -0.05) is 19.1 Å². The molecule has 6 nitrogen and oxygen atoms in total. The van der Waals surface area contributed by atoms with Crippen molar-refractivity contribution in [2.45, 2.75) is 44.3 Å². The van der Waals surface area contributed by atoms with Crippen molar-refractivity contribution < 1.29 is 49.8 Å². The molecule has 4 atom stereocenters. The molecular weight excluding hydrogens is 489 g/mol. The van der Waals surface area contributed by atoms with Crippen LogP contribution in [0, 0.1) is 17.6 Å². The SMILES string of the molecule is C[C@@H]1[C@@H](c2ccc(F)c(F)c2OC(F)F)[C@H](C(=O)Nc2cccc(C(N)=O)c2)O[C@]1(C)C(F)(F)F. The summed E-state index contributed by atoms with van der Waals surface area (Å²) in [5.41, 5.74) is 1.54. The average molecular weight is 508 g/mol. The van der Waals surface area contributed by atoms with Crippen LogP contribution in [-0.4, -0.2) is 36.3 Å². The van der Waals surface area contributed by atoms with Gasteiger partial charge in [-0.25, -0.2) is 4.39 Å². The minimum absolute atomic E-state index is 0.0200. The van der Waals surface area contributed by atoms with Gasteiger partial charge in [-0.15, -0.1) is 0 Å². The fourth-order valence-corrected chi connectivity index (χ4v) is 4.01. The van der Waals surface area contributed by atoms with Crippen LogP contribution in [0.15, 0.2) is 36.4 Å². The Morgan fingerprint density at radius 3 is 2.40 bits per heavy atom. The first kappa shape index (κ1) is 26.3. The molecule has 1 saturated heterocycles. The van der Waals surface area contributed by atoms with Crippen molar-refractivity contribution >= 4 is 17.5 Å². The third-order valence-corrected chi connectivity index (χ3v) is 5.99. The number of nitrogens with two attached hydrogens (primary N) is 1. The molecule has 0 unspecified atom stereocenters. The van der Waals surface area contributed by atoms with Crippen molar-refractivity contribution in [3.05, 3.63) is 59.2 Å². The van der Waals surface area contributed by atoms with Crippen molar-refractivity contribution in [1.82, 2.24) is 0 Å². The second kappa shape index (κ2) is 9.36. The van der Waals surface area contributed by atoms with Gasteiger partial charge in [0.1, 0.15) is 6.10 Å². The van der Waals surface area contributed by atoms with E-state index in [1.807, 2.05) is 0 Å². The summed E-state index contributed by atoms with van der Waals surface area (Å²) in [6, 6.07) is 6.41. The van der Waals surface area contributed by atoms with E-state index in [0.29, 0.717) is 13.0 Å². The molecule has 3 N–H and O–H groups in total. The lowest BCUT2D eigenvalue weighted by atomic mass is 9.77. The van der Waals surface area contributed by atoms with Crippen LogP contribution >= 0.6 is 0 Å². The molecule has 13 heteroatoms. The largest absolute Gasteiger partial charge is 0.431 e. The Morgan fingerprint density at radius 2 is 1.83 bits per heavy atom. The monoisotopic (exact) mass is 508 g/mol. The molecule has 3 rings (SSSR count). The number of nitrogens with one attached hydrogen (secondary N) is 1. The highest BCUT2D eigenvalue weighted by Crippen LogP contribution is 2.55. The predicted molar refractivity (Wildman–Crippen MR) is 108 cm³/mol. The van der Waals surface area contributed by atoms with Crippen molar-refractivity contribution in [3.8, 4) is 5.75 Å². The second-order valence-corrected chi connectivity index (χ2v) is 8.05. The topological polar surface area (TPSA) is 90.6 Å². The molecule has 0 bridgehead atoms. The smallest absolute Gasteiger partial charge is 0.417 e. The molecule has 35 heavy (non-hydrogen) atoms. The van der Waals surface area contributed by atoms with Gasteiger partial charge in [0.25, 0.3) is 5.91 Å². The molecule has 0 aliphatic carbocycles. The predicted octanol–water partition coefficient (Wildman–Crippen LogP) is 4.74. The molecule has 2 aromatic carbocycles. The second-order valence-electron chi connectivity index (χ2n) is 8.05. The van der Waals surface area contributed by atoms with Gasteiger partial charge in [0.2, 0.25) is 11.7 Å². The summed E-state index contributed by atoms with van der Waals surface area (Å²) in [7, 11) is 0. The summed E-state index contributed by atoms with van der Waals surface area (Å²) in [5.74, 6) is -10.1. The van der Waals surface area contributed by atoms with Crippen LogP contribution in [0.25, 0.3) is 0 Å². The summed E-state index contributed by atoms with van der Waals surface area (Å²) in [6.45, 7) is -1.95. The summed E-state index contributed by atoms with van der Waals surface area (Å²) >= 11 is 0. The zero-order valence-corrected chi connectivity index (χ0v) is 18.1. The van der Waals surface area contributed by atoms with E-state index in [1.165, 1.54) is 18.2 Å². The Labute approximate surface area is 194 Å². The number of alkyl halides is 5. The average Bonchev–Trinajstić information content (AvgIpc) is 3.04. The Hall–Kier alpha value is -3.35. The molecule has 1 fully saturated rings. The van der Waals surface area contributed by atoms with Crippen molar-refractivity contribution in [2.24, 2.45) is 11.7 Å². The molecule has 2 aromatic rings. The normalized spacial score (nSPS) is 24.5. The summed E-state index contributed by atoms with van der Waals surface area (Å²) in [6.07, 6.45) is -7.04. The molecule has 2 amide bonds. The van der Waals surface area contributed by atoms with Gasteiger partial charge in [-0.3, -0.25) is 9.59 Å². The first-order valence-electron chi connectivity index (χ1n) is 10.1. The Kier molecular flexibility index (Phi) is 7.02. The highest BCUT2D eigenvalue weighted by atomic mass is 19.4. The van der Waals surface area contributed by atoms with Gasteiger partial charge in [0.15, 0.2) is 17.2 Å². The van der Waals surface area contributed by atoms with Crippen LogP contribution in [0.1, 0.15) is 35.7 Å². The number of halogens is 7. The van der Waals surface area contributed by atoms with Crippen molar-refractivity contribution in [1.29, 1.82) is 0 Å². The molecular formula is C22H19F7N2O4. The fraction of sp³-hybridized carbons (Fsp3) is 0.364. The zero-order chi connectivity index (χ0) is 26.3. The fourth-order valence-electron chi connectivity index (χ4n) is 4.01. The highest BCUT2D eigenvalue weighted by Gasteiger charge is 2.66. The van der Waals surface area contributed by atoms with Crippen molar-refractivity contribution in [2.75, 3.05) is 5.32 Å². The quantitative estimate of drug-likeness (QED) is 0.552.